The first-order valence-electron chi connectivity index (χ1n) is 4.09. The summed E-state index contributed by atoms with van der Waals surface area (Å²) >= 11 is 2.79. The van der Waals surface area contributed by atoms with E-state index in [0.29, 0.717) is 6.08 Å². The molecule has 6 heteroatoms. The van der Waals surface area contributed by atoms with Crippen LogP contribution >= 0.6 is 15.9 Å². The number of carbonyl (C=O) groups is 1. The van der Waals surface area contributed by atoms with Gasteiger partial charge in [0.2, 0.25) is 0 Å². The second kappa shape index (κ2) is 4.69. The molecule has 0 aliphatic carbocycles. The molecule has 0 saturated carbocycles. The molecule has 1 rings (SSSR count). The van der Waals surface area contributed by atoms with Gasteiger partial charge in [0.1, 0.15) is 0 Å². The lowest BCUT2D eigenvalue weighted by atomic mass is 10.1. The maximum absolute atomic E-state index is 12.6. The van der Waals surface area contributed by atoms with Crippen LogP contribution in [0.2, 0.25) is 0 Å². The van der Waals surface area contributed by atoms with E-state index in [1.807, 2.05) is 0 Å². The summed E-state index contributed by atoms with van der Waals surface area (Å²) in [5, 5.41) is 8.36. The molecule has 0 spiro atoms. The summed E-state index contributed by atoms with van der Waals surface area (Å²) < 4.78 is 37.7. The SMILES string of the molecule is O=C(O)/C=C/c1cccc(Br)c1C(F)(F)F. The topological polar surface area (TPSA) is 37.3 Å². The average molecular weight is 295 g/mol. The molecule has 0 bridgehead atoms. The lowest BCUT2D eigenvalue weighted by Gasteiger charge is -2.11. The van der Waals surface area contributed by atoms with E-state index in [1.54, 1.807) is 0 Å². The molecule has 0 saturated heterocycles. The molecule has 1 N–H and O–H groups in total. The third kappa shape index (κ3) is 3.10. The van der Waals surface area contributed by atoms with E-state index >= 15 is 0 Å². The van der Waals surface area contributed by atoms with Gasteiger partial charge in [-0.05, 0) is 17.7 Å². The minimum atomic E-state index is -4.53. The van der Waals surface area contributed by atoms with Crippen molar-refractivity contribution < 1.29 is 23.1 Å². The van der Waals surface area contributed by atoms with Gasteiger partial charge in [-0.3, -0.25) is 0 Å². The van der Waals surface area contributed by atoms with E-state index in [1.165, 1.54) is 18.2 Å². The molecule has 0 aliphatic heterocycles. The van der Waals surface area contributed by atoms with Crippen LogP contribution in [0.15, 0.2) is 28.7 Å². The van der Waals surface area contributed by atoms with Crippen molar-refractivity contribution >= 4 is 28.0 Å². The highest BCUT2D eigenvalue weighted by Gasteiger charge is 2.34. The van der Waals surface area contributed by atoms with Crippen LogP contribution in [-0.2, 0) is 11.0 Å². The highest BCUT2D eigenvalue weighted by Crippen LogP contribution is 2.37. The molecule has 0 aliphatic rings. The Hall–Kier alpha value is -1.30. The highest BCUT2D eigenvalue weighted by atomic mass is 79.9. The summed E-state index contributed by atoms with van der Waals surface area (Å²) in [6.07, 6.45) is -2.95. The summed E-state index contributed by atoms with van der Waals surface area (Å²) in [4.78, 5) is 10.2. The maximum atomic E-state index is 12.6. The Morgan fingerprint density at radius 2 is 2.00 bits per heavy atom. The average Bonchev–Trinajstić information content (AvgIpc) is 2.12. The monoisotopic (exact) mass is 294 g/mol. The molecule has 1 aromatic rings. The zero-order valence-electron chi connectivity index (χ0n) is 7.75. The van der Waals surface area contributed by atoms with Gasteiger partial charge in [-0.25, -0.2) is 4.79 Å². The van der Waals surface area contributed by atoms with Crippen molar-refractivity contribution in [3.63, 3.8) is 0 Å². The van der Waals surface area contributed by atoms with Crippen LogP contribution in [0.1, 0.15) is 11.1 Å². The zero-order valence-corrected chi connectivity index (χ0v) is 9.34. The van der Waals surface area contributed by atoms with Crippen LogP contribution in [-0.4, -0.2) is 11.1 Å². The predicted octanol–water partition coefficient (Wildman–Crippen LogP) is 3.57. The molecule has 0 atom stereocenters. The first kappa shape index (κ1) is 12.8. The van der Waals surface area contributed by atoms with E-state index in [0.717, 1.165) is 6.08 Å². The Bertz CT molecular complexity index is 438. The Labute approximate surface area is 97.5 Å². The smallest absolute Gasteiger partial charge is 0.418 e. The standard InChI is InChI=1S/C10H6BrF3O2/c11-7-3-1-2-6(4-5-8(15)16)9(7)10(12,13)14/h1-5H,(H,15,16)/b5-4+. The van der Waals surface area contributed by atoms with E-state index in [4.69, 9.17) is 5.11 Å². The van der Waals surface area contributed by atoms with Crippen molar-refractivity contribution in [3.8, 4) is 0 Å². The summed E-state index contributed by atoms with van der Waals surface area (Å²) in [6, 6.07) is 3.86. The van der Waals surface area contributed by atoms with Gasteiger partial charge in [-0.1, -0.05) is 28.1 Å². The van der Waals surface area contributed by atoms with Gasteiger partial charge in [-0.2, -0.15) is 13.2 Å². The van der Waals surface area contributed by atoms with Crippen molar-refractivity contribution in [2.45, 2.75) is 6.18 Å². The van der Waals surface area contributed by atoms with Crippen molar-refractivity contribution in [3.05, 3.63) is 39.9 Å². The molecule has 86 valence electrons. The minimum absolute atomic E-state index is 0.118. The maximum Gasteiger partial charge on any atom is 0.418 e. The van der Waals surface area contributed by atoms with E-state index in [2.05, 4.69) is 15.9 Å². The Morgan fingerprint density at radius 3 is 2.50 bits per heavy atom. The lowest BCUT2D eigenvalue weighted by Crippen LogP contribution is -2.08. The van der Waals surface area contributed by atoms with Crippen LogP contribution in [0.25, 0.3) is 6.08 Å². The Kier molecular flexibility index (Phi) is 3.74. The Morgan fingerprint density at radius 1 is 1.38 bits per heavy atom. The molecular formula is C10H6BrF3O2. The Balaban J connectivity index is 3.29. The highest BCUT2D eigenvalue weighted by molar-refractivity contribution is 9.10. The van der Waals surface area contributed by atoms with Crippen molar-refractivity contribution in [1.82, 2.24) is 0 Å². The number of carboxylic acids is 1. The number of aliphatic carboxylic acids is 1. The van der Waals surface area contributed by atoms with Crippen LogP contribution in [0, 0.1) is 0 Å². The third-order valence-electron chi connectivity index (χ3n) is 1.73. The van der Waals surface area contributed by atoms with Gasteiger partial charge in [-0.15, -0.1) is 0 Å². The zero-order chi connectivity index (χ0) is 12.3. The van der Waals surface area contributed by atoms with E-state index < -0.39 is 17.7 Å². The second-order valence-corrected chi connectivity index (χ2v) is 3.73. The lowest BCUT2D eigenvalue weighted by molar-refractivity contribution is -0.138. The second-order valence-electron chi connectivity index (χ2n) is 2.87. The van der Waals surface area contributed by atoms with Gasteiger partial charge in [0.25, 0.3) is 0 Å². The summed E-state index contributed by atoms with van der Waals surface area (Å²) in [7, 11) is 0. The molecular weight excluding hydrogens is 289 g/mol. The fourth-order valence-corrected chi connectivity index (χ4v) is 1.75. The summed E-state index contributed by atoms with van der Waals surface area (Å²) in [6.45, 7) is 0. The van der Waals surface area contributed by atoms with E-state index in [9.17, 15) is 18.0 Å². The molecule has 0 heterocycles. The van der Waals surface area contributed by atoms with Crippen LogP contribution in [0.4, 0.5) is 13.2 Å². The van der Waals surface area contributed by atoms with Gasteiger partial charge < -0.3 is 5.11 Å². The number of rotatable bonds is 2. The van der Waals surface area contributed by atoms with Crippen molar-refractivity contribution in [2.75, 3.05) is 0 Å². The number of halogens is 4. The molecule has 0 aromatic heterocycles. The normalized spacial score (nSPS) is 12.0. The predicted molar refractivity (Wildman–Crippen MR) is 55.8 cm³/mol. The fraction of sp³-hybridized carbons (Fsp3) is 0.100. The molecule has 1 aromatic carbocycles. The molecule has 2 nitrogen and oxygen atoms in total. The number of carboxylic acid groups (broad SMARTS) is 1. The molecule has 0 amide bonds. The molecule has 16 heavy (non-hydrogen) atoms. The number of alkyl halides is 3. The molecule has 0 unspecified atom stereocenters. The fourth-order valence-electron chi connectivity index (χ4n) is 1.14. The number of hydrogen-bond donors (Lipinski definition) is 1. The first-order chi connectivity index (χ1) is 7.32. The first-order valence-corrected chi connectivity index (χ1v) is 4.88. The van der Waals surface area contributed by atoms with Gasteiger partial charge in [0.15, 0.2) is 0 Å². The van der Waals surface area contributed by atoms with Crippen molar-refractivity contribution in [1.29, 1.82) is 0 Å². The largest absolute Gasteiger partial charge is 0.478 e. The molecule has 0 fully saturated rings. The quantitative estimate of drug-likeness (QED) is 0.847. The summed E-state index contributed by atoms with van der Waals surface area (Å²) in [5.74, 6) is -1.30. The van der Waals surface area contributed by atoms with Crippen LogP contribution in [0.5, 0.6) is 0 Å². The third-order valence-corrected chi connectivity index (χ3v) is 2.40. The van der Waals surface area contributed by atoms with Gasteiger partial charge in [0, 0.05) is 10.5 Å². The number of hydrogen-bond acceptors (Lipinski definition) is 1. The molecule has 0 radical (unpaired) electrons. The van der Waals surface area contributed by atoms with Crippen LogP contribution < -0.4 is 0 Å². The van der Waals surface area contributed by atoms with E-state index in [-0.39, 0.29) is 10.0 Å². The van der Waals surface area contributed by atoms with Crippen LogP contribution in [0.3, 0.4) is 0 Å². The van der Waals surface area contributed by atoms with Gasteiger partial charge >= 0.3 is 12.1 Å². The van der Waals surface area contributed by atoms with Crippen molar-refractivity contribution in [2.24, 2.45) is 0 Å². The van der Waals surface area contributed by atoms with Gasteiger partial charge in [0.05, 0.1) is 5.56 Å². The number of benzene rings is 1. The minimum Gasteiger partial charge on any atom is -0.478 e. The summed E-state index contributed by atoms with van der Waals surface area (Å²) in [5.41, 5.74) is -1.07.